The summed E-state index contributed by atoms with van der Waals surface area (Å²) in [6.45, 7) is 6.00. The number of benzene rings is 3. The first-order valence-electron chi connectivity index (χ1n) is 15.5. The molecular formula is C35H39N6O6P. The summed E-state index contributed by atoms with van der Waals surface area (Å²) in [5, 5.41) is 9.60. The van der Waals surface area contributed by atoms with E-state index in [1.54, 1.807) is 41.4 Å². The van der Waals surface area contributed by atoms with Crippen LogP contribution >= 0.6 is 9.03 Å². The number of urea groups is 1. The highest BCUT2D eigenvalue weighted by Crippen LogP contribution is 2.27. The maximum Gasteiger partial charge on any atom is 0.316 e. The van der Waals surface area contributed by atoms with Crippen molar-refractivity contribution >= 4 is 43.6 Å². The molecule has 4 amide bonds. The van der Waals surface area contributed by atoms with Gasteiger partial charge in [-0.05, 0) is 35.7 Å². The van der Waals surface area contributed by atoms with Crippen LogP contribution in [0.5, 0.6) is 5.75 Å². The predicted octanol–water partition coefficient (Wildman–Crippen LogP) is 3.63. The van der Waals surface area contributed by atoms with Gasteiger partial charge >= 0.3 is 6.03 Å². The van der Waals surface area contributed by atoms with Crippen molar-refractivity contribution in [2.24, 2.45) is 0 Å². The third kappa shape index (κ3) is 8.27. The van der Waals surface area contributed by atoms with Crippen molar-refractivity contribution in [1.82, 2.24) is 30.7 Å². The first-order valence-corrected chi connectivity index (χ1v) is 16.4. The number of piperazine rings is 1. The molecule has 12 nitrogen and oxygen atoms in total. The number of carbonyl (C=O) groups is 4. The Kier molecular flexibility index (Phi) is 11.6. The highest BCUT2D eigenvalue weighted by atomic mass is 31.1. The SMILES string of the molecule is C=CCNCC(=O)N1[C@@H](NC(=O)NCc2ccccc2)CN(Cc2cccc3c(C(C)=O)c[nH]c23)C(=O)[C@@H]1Cc1ccc(OPO)cc1. The molecule has 48 heavy (non-hydrogen) atoms. The van der Waals surface area contributed by atoms with E-state index in [2.05, 4.69) is 27.5 Å². The zero-order valence-corrected chi connectivity index (χ0v) is 27.6. The van der Waals surface area contributed by atoms with E-state index in [0.29, 0.717) is 17.9 Å². The smallest absolute Gasteiger partial charge is 0.316 e. The van der Waals surface area contributed by atoms with Crippen LogP contribution in [0.25, 0.3) is 10.9 Å². The zero-order valence-electron chi connectivity index (χ0n) is 26.6. The van der Waals surface area contributed by atoms with E-state index >= 15 is 0 Å². The first-order chi connectivity index (χ1) is 23.3. The molecule has 2 heterocycles. The molecule has 13 heteroatoms. The van der Waals surface area contributed by atoms with E-state index < -0.39 is 27.3 Å². The fraction of sp³-hybridized carbons (Fsp3) is 0.257. The van der Waals surface area contributed by atoms with Gasteiger partial charge in [-0.1, -0.05) is 66.7 Å². The molecule has 1 unspecified atom stereocenters. The van der Waals surface area contributed by atoms with Gasteiger partial charge < -0.3 is 40.2 Å². The summed E-state index contributed by atoms with van der Waals surface area (Å²) in [6, 6.07) is 20.5. The van der Waals surface area contributed by atoms with Crippen molar-refractivity contribution in [1.29, 1.82) is 0 Å². The Morgan fingerprint density at radius 2 is 1.83 bits per heavy atom. The minimum atomic E-state index is -0.960. The van der Waals surface area contributed by atoms with Crippen LogP contribution in [0.1, 0.15) is 34.0 Å². The Morgan fingerprint density at radius 1 is 1.06 bits per heavy atom. The van der Waals surface area contributed by atoms with E-state index in [-0.39, 0.29) is 50.2 Å². The monoisotopic (exact) mass is 670 g/mol. The number of nitrogens with zero attached hydrogens (tertiary/aromatic N) is 2. The van der Waals surface area contributed by atoms with Crippen LogP contribution in [0.2, 0.25) is 0 Å². The summed E-state index contributed by atoms with van der Waals surface area (Å²) in [6.07, 6.45) is 2.60. The third-order valence-electron chi connectivity index (χ3n) is 8.17. The van der Waals surface area contributed by atoms with Crippen LogP contribution in [0.3, 0.4) is 0 Å². The van der Waals surface area contributed by atoms with Gasteiger partial charge in [-0.2, -0.15) is 0 Å². The van der Waals surface area contributed by atoms with Crippen molar-refractivity contribution < 1.29 is 28.6 Å². The standard InChI is InChI=1S/C35H39N6O6P/c1-3-16-36-20-32(43)41-30(17-24-12-14-27(15-13-24)47-48-46)34(44)40(21-26-10-7-11-28-29(23(2)42)19-37-33(26)28)22-31(41)39-35(45)38-18-25-8-5-4-6-9-25/h3-15,19,30-31,36-37,46,48H,1,16-18,20-22H2,2H3,(H2,38,39,45)/t30-,31+/m0/s1. The number of aromatic nitrogens is 1. The Bertz CT molecular complexity index is 1760. The highest BCUT2D eigenvalue weighted by Gasteiger charge is 2.43. The molecule has 1 aliphatic rings. The third-order valence-corrected chi connectivity index (χ3v) is 8.49. The summed E-state index contributed by atoms with van der Waals surface area (Å²) in [4.78, 5) is 69.2. The van der Waals surface area contributed by atoms with Gasteiger partial charge in [0.15, 0.2) is 5.78 Å². The van der Waals surface area contributed by atoms with Crippen LogP contribution in [0, 0.1) is 0 Å². The Morgan fingerprint density at radius 3 is 2.54 bits per heavy atom. The van der Waals surface area contributed by atoms with E-state index in [9.17, 15) is 19.2 Å². The number of para-hydroxylation sites is 1. The van der Waals surface area contributed by atoms with Crippen molar-refractivity contribution in [3.63, 3.8) is 0 Å². The zero-order chi connectivity index (χ0) is 34.0. The van der Waals surface area contributed by atoms with Gasteiger partial charge in [0.1, 0.15) is 18.0 Å². The topological polar surface area (TPSA) is 156 Å². The van der Waals surface area contributed by atoms with Crippen molar-refractivity contribution in [2.45, 2.75) is 38.6 Å². The van der Waals surface area contributed by atoms with Crippen LogP contribution in [-0.4, -0.2) is 75.1 Å². The van der Waals surface area contributed by atoms with Gasteiger partial charge in [0, 0.05) is 43.2 Å². The molecule has 0 saturated carbocycles. The van der Waals surface area contributed by atoms with Gasteiger partial charge in [-0.3, -0.25) is 14.4 Å². The van der Waals surface area contributed by atoms with Crippen molar-refractivity contribution in [3.8, 4) is 5.75 Å². The lowest BCUT2D eigenvalue weighted by Gasteiger charge is -2.46. The molecule has 0 bridgehead atoms. The number of fused-ring (bicyclic) bond motifs is 1. The minimum Gasteiger partial charge on any atom is -0.450 e. The number of nitrogens with one attached hydrogen (secondary N) is 4. The largest absolute Gasteiger partial charge is 0.450 e. The Balaban J connectivity index is 1.48. The van der Waals surface area contributed by atoms with Crippen LogP contribution in [0.15, 0.2) is 91.6 Å². The molecule has 0 spiro atoms. The number of hydrogen-bond acceptors (Lipinski definition) is 7. The molecule has 1 saturated heterocycles. The second kappa shape index (κ2) is 16.2. The molecule has 5 rings (SSSR count). The molecule has 0 aliphatic carbocycles. The van der Waals surface area contributed by atoms with Crippen LogP contribution < -0.4 is 20.5 Å². The van der Waals surface area contributed by atoms with Gasteiger partial charge in [-0.25, -0.2) is 4.79 Å². The molecule has 4 aromatic rings. The molecule has 0 radical (unpaired) electrons. The Labute approximate surface area is 280 Å². The number of carbonyl (C=O) groups excluding carboxylic acids is 4. The number of H-pyrrole nitrogens is 1. The molecule has 1 aromatic heterocycles. The maximum absolute atomic E-state index is 14.4. The fourth-order valence-corrected chi connectivity index (χ4v) is 6.13. The van der Waals surface area contributed by atoms with E-state index in [1.807, 2.05) is 48.5 Å². The van der Waals surface area contributed by atoms with E-state index in [4.69, 9.17) is 9.42 Å². The summed E-state index contributed by atoms with van der Waals surface area (Å²) >= 11 is 0. The van der Waals surface area contributed by atoms with Gasteiger partial charge in [0.25, 0.3) is 0 Å². The van der Waals surface area contributed by atoms with Gasteiger partial charge in [-0.15, -0.1) is 6.58 Å². The molecule has 1 aliphatic heterocycles. The lowest BCUT2D eigenvalue weighted by molar-refractivity contribution is -0.156. The first kappa shape index (κ1) is 34.3. The summed E-state index contributed by atoms with van der Waals surface area (Å²) in [7, 11) is -0.710. The number of aromatic amines is 1. The average Bonchev–Trinajstić information content (AvgIpc) is 3.53. The minimum absolute atomic E-state index is 0.0299. The lowest BCUT2D eigenvalue weighted by Crippen LogP contribution is -2.69. The fourth-order valence-electron chi connectivity index (χ4n) is 5.89. The number of hydrogen-bond donors (Lipinski definition) is 5. The Hall–Kier alpha value is -5.03. The molecular weight excluding hydrogens is 631 g/mol. The summed E-state index contributed by atoms with van der Waals surface area (Å²) in [5.41, 5.74) is 3.75. The van der Waals surface area contributed by atoms with Crippen LogP contribution in [0.4, 0.5) is 4.79 Å². The van der Waals surface area contributed by atoms with Gasteiger partial charge in [0.05, 0.1) is 18.6 Å². The summed E-state index contributed by atoms with van der Waals surface area (Å²) in [5.74, 6) is -0.255. The van der Waals surface area contributed by atoms with Gasteiger partial charge in [0.2, 0.25) is 20.8 Å². The number of amides is 4. The number of rotatable bonds is 14. The highest BCUT2D eigenvalue weighted by molar-refractivity contribution is 7.25. The van der Waals surface area contributed by atoms with Crippen molar-refractivity contribution in [2.75, 3.05) is 19.6 Å². The second-order valence-electron chi connectivity index (χ2n) is 11.4. The quantitative estimate of drug-likeness (QED) is 0.0594. The van der Waals surface area contributed by atoms with Crippen LogP contribution in [-0.2, 0) is 29.1 Å². The lowest BCUT2D eigenvalue weighted by atomic mass is 9.98. The maximum atomic E-state index is 14.4. The number of ketones is 1. The average molecular weight is 671 g/mol. The van der Waals surface area contributed by atoms with E-state index in [0.717, 1.165) is 27.6 Å². The number of Topliss-reactive ketones (excluding diaryl/α,β-unsaturated/α-hetero) is 1. The molecule has 1 fully saturated rings. The van der Waals surface area contributed by atoms with E-state index in [1.165, 1.54) is 11.8 Å². The predicted molar refractivity (Wildman–Crippen MR) is 184 cm³/mol. The van der Waals surface area contributed by atoms with Crippen molar-refractivity contribution in [3.05, 3.63) is 114 Å². The molecule has 5 N–H and O–H groups in total. The second-order valence-corrected chi connectivity index (χ2v) is 11.8. The molecule has 250 valence electrons. The molecule has 3 atom stereocenters. The summed E-state index contributed by atoms with van der Waals surface area (Å²) < 4.78 is 5.19. The molecule has 3 aromatic carbocycles. The normalized spacial score (nSPS) is 16.3.